The number of carbonyl (C=O) groups is 4. The van der Waals surface area contributed by atoms with Crippen molar-refractivity contribution in [3.05, 3.63) is 70.8 Å². The van der Waals surface area contributed by atoms with Crippen LogP contribution in [-0.2, 0) is 27.3 Å². The summed E-state index contributed by atoms with van der Waals surface area (Å²) in [4.78, 5) is 57.2. The van der Waals surface area contributed by atoms with Crippen molar-refractivity contribution in [3.63, 3.8) is 0 Å². The number of carbonyl (C=O) groups excluding carboxylic acids is 4. The van der Waals surface area contributed by atoms with Crippen LogP contribution in [0.5, 0.6) is 0 Å². The molecule has 0 saturated carbocycles. The zero-order valence-corrected chi connectivity index (χ0v) is 18.2. The minimum Gasteiger partial charge on any atom is -0.444 e. The van der Waals surface area contributed by atoms with E-state index in [1.807, 2.05) is 24.3 Å². The summed E-state index contributed by atoms with van der Waals surface area (Å²) in [5, 5.41) is 0.488. The normalized spacial score (nSPS) is 17.7. The van der Waals surface area contributed by atoms with Crippen LogP contribution in [0.4, 0.5) is 4.79 Å². The third-order valence-electron chi connectivity index (χ3n) is 5.34. The predicted octanol–water partition coefficient (Wildman–Crippen LogP) is 3.49. The molecule has 1 atom stereocenters. The molecule has 8 heteroatoms. The monoisotopic (exact) mass is 436 g/mol. The summed E-state index contributed by atoms with van der Waals surface area (Å²) in [7, 11) is 0. The van der Waals surface area contributed by atoms with Crippen LogP contribution in [0, 0.1) is 0 Å². The molecule has 2 aliphatic heterocycles. The van der Waals surface area contributed by atoms with Gasteiger partial charge in [-0.25, -0.2) is 9.59 Å². The number of imide groups is 1. The summed E-state index contributed by atoms with van der Waals surface area (Å²) < 4.78 is 5.53. The SMILES string of the molecule is CC(C)(C)OC(=O)N1Cc2ccccc2C[C@H]1CC(=O)ON1C(=O)c2ccccc2C1=O. The Bertz CT molecular complexity index is 1070. The van der Waals surface area contributed by atoms with Gasteiger partial charge in [0.2, 0.25) is 0 Å². The Morgan fingerprint density at radius 1 is 0.938 bits per heavy atom. The standard InChI is InChI=1S/C24H24N2O6/c1-24(2,3)31-23(30)25-14-16-9-5-4-8-15(16)12-17(25)13-20(27)32-26-21(28)18-10-6-7-11-19(18)22(26)29/h4-11,17H,12-14H2,1-3H3/t17-/m0/s1. The van der Waals surface area contributed by atoms with Crippen molar-refractivity contribution in [1.82, 2.24) is 9.96 Å². The van der Waals surface area contributed by atoms with Crippen LogP contribution in [0.25, 0.3) is 0 Å². The lowest BCUT2D eigenvalue weighted by atomic mass is 9.92. The van der Waals surface area contributed by atoms with Gasteiger partial charge in [0.25, 0.3) is 11.8 Å². The Kier molecular flexibility index (Phi) is 5.46. The minimum absolute atomic E-state index is 0.187. The van der Waals surface area contributed by atoms with Gasteiger partial charge in [-0.15, -0.1) is 0 Å². The number of nitrogens with zero attached hydrogens (tertiary/aromatic N) is 2. The minimum atomic E-state index is -0.780. The smallest absolute Gasteiger partial charge is 0.410 e. The van der Waals surface area contributed by atoms with Crippen molar-refractivity contribution >= 4 is 23.9 Å². The quantitative estimate of drug-likeness (QED) is 0.684. The van der Waals surface area contributed by atoms with Gasteiger partial charge in [-0.05, 0) is 50.5 Å². The predicted molar refractivity (Wildman–Crippen MR) is 113 cm³/mol. The van der Waals surface area contributed by atoms with Gasteiger partial charge in [0.05, 0.1) is 23.6 Å². The first-order valence-electron chi connectivity index (χ1n) is 10.4. The molecule has 4 rings (SSSR count). The second-order valence-corrected chi connectivity index (χ2v) is 8.85. The average Bonchev–Trinajstić information content (AvgIpc) is 2.97. The molecule has 0 unspecified atom stereocenters. The molecular formula is C24H24N2O6. The zero-order chi connectivity index (χ0) is 23.0. The molecule has 0 bridgehead atoms. The summed E-state index contributed by atoms with van der Waals surface area (Å²) in [6.07, 6.45) is -0.307. The summed E-state index contributed by atoms with van der Waals surface area (Å²) in [6, 6.07) is 13.4. The fourth-order valence-electron chi connectivity index (χ4n) is 3.89. The molecule has 32 heavy (non-hydrogen) atoms. The number of ether oxygens (including phenoxy) is 1. The van der Waals surface area contributed by atoms with Crippen molar-refractivity contribution in [1.29, 1.82) is 0 Å². The van der Waals surface area contributed by atoms with Gasteiger partial charge in [0.1, 0.15) is 5.60 Å². The Hall–Kier alpha value is -3.68. The highest BCUT2D eigenvalue weighted by Crippen LogP contribution is 2.28. The number of rotatable bonds is 3. The molecular weight excluding hydrogens is 412 g/mol. The van der Waals surface area contributed by atoms with E-state index in [2.05, 4.69) is 0 Å². The number of amides is 3. The van der Waals surface area contributed by atoms with E-state index in [0.717, 1.165) is 11.1 Å². The van der Waals surface area contributed by atoms with E-state index in [1.165, 1.54) is 17.0 Å². The number of fused-ring (bicyclic) bond motifs is 2. The fraction of sp³-hybridized carbons (Fsp3) is 0.333. The van der Waals surface area contributed by atoms with E-state index >= 15 is 0 Å². The fourth-order valence-corrected chi connectivity index (χ4v) is 3.89. The molecule has 0 aromatic heterocycles. The molecule has 2 aliphatic rings. The molecule has 0 saturated heterocycles. The van der Waals surface area contributed by atoms with Crippen molar-refractivity contribution in [2.24, 2.45) is 0 Å². The Morgan fingerprint density at radius 2 is 1.50 bits per heavy atom. The lowest BCUT2D eigenvalue weighted by molar-refractivity contribution is -0.170. The van der Waals surface area contributed by atoms with Crippen molar-refractivity contribution in [3.8, 4) is 0 Å². The molecule has 0 aliphatic carbocycles. The van der Waals surface area contributed by atoms with E-state index in [0.29, 0.717) is 11.5 Å². The number of hydroxylamine groups is 2. The Labute approximate surface area is 185 Å². The van der Waals surface area contributed by atoms with Crippen molar-refractivity contribution in [2.45, 2.75) is 51.8 Å². The third kappa shape index (κ3) is 4.21. The first-order valence-corrected chi connectivity index (χ1v) is 10.4. The maximum absolute atomic E-state index is 12.8. The van der Waals surface area contributed by atoms with Crippen molar-refractivity contribution < 1.29 is 28.8 Å². The van der Waals surface area contributed by atoms with E-state index in [9.17, 15) is 19.2 Å². The van der Waals surface area contributed by atoms with Gasteiger partial charge >= 0.3 is 12.1 Å². The molecule has 0 radical (unpaired) electrons. The topological polar surface area (TPSA) is 93.2 Å². The molecule has 3 amide bonds. The highest BCUT2D eigenvalue weighted by Gasteiger charge is 2.40. The molecule has 0 fully saturated rings. The van der Waals surface area contributed by atoms with Gasteiger partial charge in [-0.1, -0.05) is 41.5 Å². The van der Waals surface area contributed by atoms with E-state index in [-0.39, 0.29) is 24.1 Å². The van der Waals surface area contributed by atoms with Crippen LogP contribution in [0.15, 0.2) is 48.5 Å². The lowest BCUT2D eigenvalue weighted by Gasteiger charge is -2.37. The van der Waals surface area contributed by atoms with Crippen LogP contribution < -0.4 is 0 Å². The largest absolute Gasteiger partial charge is 0.444 e. The maximum atomic E-state index is 12.8. The zero-order valence-electron chi connectivity index (χ0n) is 18.2. The molecule has 2 aromatic carbocycles. The van der Waals surface area contributed by atoms with Gasteiger partial charge in [0, 0.05) is 6.54 Å². The van der Waals surface area contributed by atoms with Gasteiger partial charge in [0.15, 0.2) is 0 Å². The summed E-state index contributed by atoms with van der Waals surface area (Å²) in [5.41, 5.74) is 1.67. The first kappa shape index (κ1) is 21.5. The highest BCUT2D eigenvalue weighted by atomic mass is 16.7. The van der Waals surface area contributed by atoms with Crippen LogP contribution >= 0.6 is 0 Å². The number of hydrogen-bond donors (Lipinski definition) is 0. The molecule has 2 aromatic rings. The lowest BCUT2D eigenvalue weighted by Crippen LogP contribution is -2.48. The third-order valence-corrected chi connectivity index (χ3v) is 5.34. The van der Waals surface area contributed by atoms with Gasteiger partial charge in [-0.2, -0.15) is 0 Å². The summed E-state index contributed by atoms with van der Waals surface area (Å²) in [5.74, 6) is -2.15. The van der Waals surface area contributed by atoms with Crippen molar-refractivity contribution in [2.75, 3.05) is 0 Å². The summed E-state index contributed by atoms with van der Waals surface area (Å²) >= 11 is 0. The van der Waals surface area contributed by atoms with E-state index in [4.69, 9.17) is 9.57 Å². The first-order chi connectivity index (χ1) is 15.1. The van der Waals surface area contributed by atoms with Crippen LogP contribution in [-0.4, -0.2) is 45.5 Å². The second kappa shape index (κ2) is 8.11. The van der Waals surface area contributed by atoms with Gasteiger partial charge in [-0.3, -0.25) is 14.5 Å². The van der Waals surface area contributed by atoms with E-state index in [1.54, 1.807) is 32.9 Å². The molecule has 0 N–H and O–H groups in total. The van der Waals surface area contributed by atoms with Gasteiger partial charge < -0.3 is 9.57 Å². The average molecular weight is 436 g/mol. The Balaban J connectivity index is 1.51. The second-order valence-electron chi connectivity index (χ2n) is 8.85. The number of benzene rings is 2. The van der Waals surface area contributed by atoms with Crippen LogP contribution in [0.1, 0.15) is 59.0 Å². The molecule has 8 nitrogen and oxygen atoms in total. The molecule has 2 heterocycles. The van der Waals surface area contributed by atoms with Crippen LogP contribution in [0.3, 0.4) is 0 Å². The van der Waals surface area contributed by atoms with E-state index < -0.39 is 35.5 Å². The maximum Gasteiger partial charge on any atom is 0.410 e. The van der Waals surface area contributed by atoms with Crippen LogP contribution in [0.2, 0.25) is 0 Å². The summed E-state index contributed by atoms with van der Waals surface area (Å²) in [6.45, 7) is 5.60. The molecule has 0 spiro atoms. The molecule has 166 valence electrons. The number of hydrogen-bond acceptors (Lipinski definition) is 6. The Morgan fingerprint density at radius 3 is 2.09 bits per heavy atom. The highest BCUT2D eigenvalue weighted by molar-refractivity contribution is 6.20.